The minimum absolute atomic E-state index is 0.294. The van der Waals surface area contributed by atoms with Gasteiger partial charge in [-0.15, -0.1) is 11.8 Å². The van der Waals surface area contributed by atoms with Crippen molar-refractivity contribution in [2.75, 3.05) is 6.26 Å². The van der Waals surface area contributed by atoms with Crippen molar-refractivity contribution in [3.05, 3.63) is 68.9 Å². The first-order valence-electron chi connectivity index (χ1n) is 7.50. The van der Waals surface area contributed by atoms with Crippen LogP contribution in [0.3, 0.4) is 0 Å². The zero-order chi connectivity index (χ0) is 16.4. The summed E-state index contributed by atoms with van der Waals surface area (Å²) in [5.41, 5.74) is 1.65. The fourth-order valence-electron chi connectivity index (χ4n) is 2.93. The van der Waals surface area contributed by atoms with Crippen molar-refractivity contribution >= 4 is 22.5 Å². The van der Waals surface area contributed by atoms with Gasteiger partial charge in [0.2, 0.25) is 0 Å². The number of aromatic nitrogens is 2. The van der Waals surface area contributed by atoms with E-state index in [-0.39, 0.29) is 11.2 Å². The molecule has 0 aliphatic heterocycles. The summed E-state index contributed by atoms with van der Waals surface area (Å²) < 4.78 is 1.66. The van der Waals surface area contributed by atoms with Crippen LogP contribution in [0.5, 0.6) is 0 Å². The van der Waals surface area contributed by atoms with Crippen molar-refractivity contribution < 1.29 is 0 Å². The van der Waals surface area contributed by atoms with Crippen molar-refractivity contribution in [1.29, 1.82) is 0 Å². The van der Waals surface area contributed by atoms with Gasteiger partial charge in [-0.05, 0) is 23.4 Å². The van der Waals surface area contributed by atoms with Crippen LogP contribution >= 0.6 is 11.8 Å². The highest BCUT2D eigenvalue weighted by Crippen LogP contribution is 2.30. The molecule has 0 aliphatic rings. The van der Waals surface area contributed by atoms with E-state index in [9.17, 15) is 9.59 Å². The Morgan fingerprint density at radius 2 is 1.83 bits per heavy atom. The summed E-state index contributed by atoms with van der Waals surface area (Å²) in [4.78, 5) is 27.0. The maximum Gasteiger partial charge on any atom is 0.329 e. The number of nitrogens with zero attached hydrogens (tertiary/aromatic N) is 1. The molecule has 2 aromatic carbocycles. The zero-order valence-electron chi connectivity index (χ0n) is 13.1. The Labute approximate surface area is 138 Å². The molecule has 0 radical (unpaired) electrons. The summed E-state index contributed by atoms with van der Waals surface area (Å²) in [6.07, 6.45) is 2.51. The third-order valence-corrected chi connectivity index (χ3v) is 4.47. The molecular formula is C18H18N2O2S. The Bertz CT molecular complexity index is 967. The summed E-state index contributed by atoms with van der Waals surface area (Å²) >= 11 is 1.55. The topological polar surface area (TPSA) is 54.9 Å². The fraction of sp³-hybridized carbons (Fsp3) is 0.222. The average molecular weight is 326 g/mol. The van der Waals surface area contributed by atoms with Crippen LogP contribution < -0.4 is 11.2 Å². The molecule has 5 heteroatoms. The van der Waals surface area contributed by atoms with Crippen LogP contribution in [0.2, 0.25) is 0 Å². The van der Waals surface area contributed by atoms with Crippen LogP contribution in [0.4, 0.5) is 0 Å². The number of hydrogen-bond acceptors (Lipinski definition) is 3. The molecule has 3 aromatic rings. The molecular weight excluding hydrogens is 308 g/mol. The van der Waals surface area contributed by atoms with Crippen molar-refractivity contribution in [1.82, 2.24) is 9.55 Å². The van der Waals surface area contributed by atoms with E-state index in [2.05, 4.69) is 4.98 Å². The first-order chi connectivity index (χ1) is 11.2. The van der Waals surface area contributed by atoms with Gasteiger partial charge in [-0.1, -0.05) is 49.4 Å². The van der Waals surface area contributed by atoms with Gasteiger partial charge in [0, 0.05) is 11.1 Å². The van der Waals surface area contributed by atoms with E-state index in [1.165, 1.54) is 0 Å². The fourth-order valence-corrected chi connectivity index (χ4v) is 3.44. The third-order valence-electron chi connectivity index (χ3n) is 3.95. The number of hydrogen-bond donors (Lipinski definition) is 1. The first-order valence-corrected chi connectivity index (χ1v) is 8.89. The predicted octanol–water partition coefficient (Wildman–Crippen LogP) is 3.24. The maximum absolute atomic E-state index is 12.3. The lowest BCUT2D eigenvalue weighted by Gasteiger charge is -2.16. The van der Waals surface area contributed by atoms with Gasteiger partial charge in [-0.3, -0.25) is 14.3 Å². The molecule has 1 N–H and O–H groups in total. The largest absolute Gasteiger partial charge is 0.329 e. The Morgan fingerprint density at radius 1 is 1.09 bits per heavy atom. The lowest BCUT2D eigenvalue weighted by molar-refractivity contribution is 0.776. The lowest BCUT2D eigenvalue weighted by Crippen LogP contribution is -2.33. The Kier molecular flexibility index (Phi) is 4.39. The second-order valence-corrected chi connectivity index (χ2v) is 6.15. The van der Waals surface area contributed by atoms with E-state index < -0.39 is 0 Å². The molecule has 3 rings (SSSR count). The summed E-state index contributed by atoms with van der Waals surface area (Å²) in [5, 5.41) is 2.14. The number of H-pyrrole nitrogens is 1. The monoisotopic (exact) mass is 326 g/mol. The molecule has 0 saturated heterocycles. The van der Waals surface area contributed by atoms with Crippen molar-refractivity contribution in [2.45, 2.75) is 19.2 Å². The van der Waals surface area contributed by atoms with Crippen LogP contribution in [0.1, 0.15) is 12.5 Å². The summed E-state index contributed by atoms with van der Waals surface area (Å²) in [6.45, 7) is 1.94. The summed E-state index contributed by atoms with van der Waals surface area (Å²) in [6, 6.07) is 14.0. The van der Waals surface area contributed by atoms with Gasteiger partial charge in [0.1, 0.15) is 0 Å². The average Bonchev–Trinajstić information content (AvgIpc) is 2.56. The van der Waals surface area contributed by atoms with Gasteiger partial charge in [0.15, 0.2) is 0 Å². The minimum Gasteiger partial charge on any atom is -0.283 e. The normalized spacial score (nSPS) is 11.0. The molecule has 0 aliphatic carbocycles. The lowest BCUT2D eigenvalue weighted by atomic mass is 9.98. The second kappa shape index (κ2) is 6.46. The molecule has 118 valence electrons. The maximum atomic E-state index is 12.3. The molecule has 1 heterocycles. The predicted molar refractivity (Wildman–Crippen MR) is 97.2 cm³/mol. The molecule has 0 unspecified atom stereocenters. The highest BCUT2D eigenvalue weighted by molar-refractivity contribution is 7.97. The van der Waals surface area contributed by atoms with E-state index in [4.69, 9.17) is 0 Å². The van der Waals surface area contributed by atoms with Crippen molar-refractivity contribution in [3.8, 4) is 11.3 Å². The molecule has 1 aromatic heterocycles. The van der Waals surface area contributed by atoms with Crippen LogP contribution in [-0.4, -0.2) is 15.8 Å². The smallest absolute Gasteiger partial charge is 0.283 e. The Morgan fingerprint density at radius 3 is 2.57 bits per heavy atom. The van der Waals surface area contributed by atoms with Crippen molar-refractivity contribution in [3.63, 3.8) is 0 Å². The van der Waals surface area contributed by atoms with E-state index in [1.54, 1.807) is 16.3 Å². The van der Waals surface area contributed by atoms with Crippen LogP contribution in [0, 0.1) is 0 Å². The van der Waals surface area contributed by atoms with Crippen LogP contribution in [0.25, 0.3) is 22.0 Å². The minimum atomic E-state index is -0.357. The molecule has 0 saturated carbocycles. The van der Waals surface area contributed by atoms with Gasteiger partial charge < -0.3 is 0 Å². The van der Waals surface area contributed by atoms with Gasteiger partial charge in [-0.25, -0.2) is 4.79 Å². The standard InChI is InChI=1S/C18H18N2O2S/c1-3-13-16(20(11-23-2)18(22)19-17(13)21)15-10-6-8-12-7-4-5-9-14(12)15/h4-10H,3,11H2,1-2H3,(H,19,21,22). The molecule has 4 nitrogen and oxygen atoms in total. The van der Waals surface area contributed by atoms with Gasteiger partial charge in [0.05, 0.1) is 11.6 Å². The van der Waals surface area contributed by atoms with Crippen LogP contribution in [0.15, 0.2) is 52.1 Å². The molecule has 0 atom stereocenters. The summed E-state index contributed by atoms with van der Waals surface area (Å²) in [5.74, 6) is 0.501. The number of fused-ring (bicyclic) bond motifs is 1. The third kappa shape index (κ3) is 2.72. The summed E-state index contributed by atoms with van der Waals surface area (Å²) in [7, 11) is 0. The van der Waals surface area contributed by atoms with Gasteiger partial charge in [0.25, 0.3) is 5.56 Å². The van der Waals surface area contributed by atoms with Gasteiger partial charge in [-0.2, -0.15) is 0 Å². The quantitative estimate of drug-likeness (QED) is 0.801. The van der Waals surface area contributed by atoms with Gasteiger partial charge >= 0.3 is 5.69 Å². The van der Waals surface area contributed by atoms with E-state index in [1.807, 2.05) is 55.6 Å². The molecule has 0 spiro atoms. The zero-order valence-corrected chi connectivity index (χ0v) is 13.9. The van der Waals surface area contributed by atoms with Crippen LogP contribution in [-0.2, 0) is 12.3 Å². The number of rotatable bonds is 4. The first kappa shape index (κ1) is 15.6. The van der Waals surface area contributed by atoms with E-state index in [0.29, 0.717) is 17.9 Å². The number of thioether (sulfide) groups is 1. The highest BCUT2D eigenvalue weighted by Gasteiger charge is 2.17. The second-order valence-electron chi connectivity index (χ2n) is 5.31. The molecule has 0 amide bonds. The highest BCUT2D eigenvalue weighted by atomic mass is 32.2. The van der Waals surface area contributed by atoms with E-state index in [0.717, 1.165) is 22.0 Å². The molecule has 0 bridgehead atoms. The Hall–Kier alpha value is -2.27. The number of nitrogens with one attached hydrogen (secondary N) is 1. The van der Waals surface area contributed by atoms with E-state index >= 15 is 0 Å². The molecule has 0 fully saturated rings. The SMILES string of the molecule is CCc1c(-c2cccc3ccccc23)n(CSC)c(=O)[nH]c1=O. The Balaban J connectivity index is 2.46. The van der Waals surface area contributed by atoms with Crippen molar-refractivity contribution in [2.24, 2.45) is 0 Å². The number of benzene rings is 2. The molecule has 23 heavy (non-hydrogen) atoms. The number of aromatic amines is 1.